The van der Waals surface area contributed by atoms with Gasteiger partial charge in [0.15, 0.2) is 0 Å². The molecule has 2 N–H and O–H groups in total. The van der Waals surface area contributed by atoms with E-state index in [1.165, 1.54) is 0 Å². The van der Waals surface area contributed by atoms with Crippen LogP contribution in [0.2, 0.25) is 0 Å². The van der Waals surface area contributed by atoms with Gasteiger partial charge in [0.25, 0.3) is 5.91 Å². The van der Waals surface area contributed by atoms with Crippen LogP contribution in [0.5, 0.6) is 0 Å². The Hall–Kier alpha value is -1.92. The Morgan fingerprint density at radius 2 is 2.27 bits per heavy atom. The lowest BCUT2D eigenvalue weighted by molar-refractivity contribution is -0.146. The zero-order valence-electron chi connectivity index (χ0n) is 12.8. The van der Waals surface area contributed by atoms with Crippen molar-refractivity contribution in [2.75, 3.05) is 26.7 Å². The van der Waals surface area contributed by atoms with Crippen molar-refractivity contribution in [1.29, 1.82) is 0 Å². The summed E-state index contributed by atoms with van der Waals surface area (Å²) in [5, 5.41) is 6.25. The minimum absolute atomic E-state index is 0.0136. The number of fused-ring (bicyclic) bond motifs is 1. The SMILES string of the molecule is COC1(C(=O)NCCc2cn3ccccc3n2)CCNCC1. The summed E-state index contributed by atoms with van der Waals surface area (Å²) in [5.74, 6) is -0.0136. The Balaban J connectivity index is 1.56. The number of ether oxygens (including phenoxy) is 1. The summed E-state index contributed by atoms with van der Waals surface area (Å²) in [6.45, 7) is 2.20. The lowest BCUT2D eigenvalue weighted by Crippen LogP contribution is -2.54. The van der Waals surface area contributed by atoms with Gasteiger partial charge in [-0.15, -0.1) is 0 Å². The molecule has 1 amide bonds. The molecule has 0 atom stereocenters. The minimum Gasteiger partial charge on any atom is -0.368 e. The molecule has 0 bridgehead atoms. The smallest absolute Gasteiger partial charge is 0.252 e. The van der Waals surface area contributed by atoms with Gasteiger partial charge in [-0.2, -0.15) is 0 Å². The number of nitrogens with zero attached hydrogens (tertiary/aromatic N) is 2. The van der Waals surface area contributed by atoms with Gasteiger partial charge in [0.1, 0.15) is 11.2 Å². The second kappa shape index (κ2) is 6.46. The predicted molar refractivity (Wildman–Crippen MR) is 83.7 cm³/mol. The summed E-state index contributed by atoms with van der Waals surface area (Å²) in [6, 6.07) is 5.91. The molecule has 118 valence electrons. The Bertz CT molecular complexity index is 613. The maximum absolute atomic E-state index is 12.4. The molecule has 1 saturated heterocycles. The van der Waals surface area contributed by atoms with E-state index in [0.717, 1.165) is 24.4 Å². The third-order valence-corrected chi connectivity index (χ3v) is 4.30. The number of imidazole rings is 1. The predicted octanol–water partition coefficient (Wildman–Crippen LogP) is 0.762. The van der Waals surface area contributed by atoms with Crippen LogP contribution in [0, 0.1) is 0 Å². The van der Waals surface area contributed by atoms with E-state index in [1.807, 2.05) is 35.0 Å². The summed E-state index contributed by atoms with van der Waals surface area (Å²) in [7, 11) is 1.62. The first-order chi connectivity index (χ1) is 10.7. The number of carbonyl (C=O) groups excluding carboxylic acids is 1. The molecule has 6 heteroatoms. The van der Waals surface area contributed by atoms with E-state index < -0.39 is 5.60 Å². The number of hydrogen-bond donors (Lipinski definition) is 2. The maximum Gasteiger partial charge on any atom is 0.252 e. The van der Waals surface area contributed by atoms with Crippen molar-refractivity contribution >= 4 is 11.6 Å². The van der Waals surface area contributed by atoms with Crippen molar-refractivity contribution < 1.29 is 9.53 Å². The van der Waals surface area contributed by atoms with Crippen molar-refractivity contribution in [2.24, 2.45) is 0 Å². The highest BCUT2D eigenvalue weighted by Gasteiger charge is 2.39. The standard InChI is InChI=1S/C16H22N4O2/c1-22-16(6-9-17-10-7-16)15(21)18-8-5-13-12-20-11-3-2-4-14(20)19-13/h2-4,11-12,17H,5-10H2,1H3,(H,18,21). The highest BCUT2D eigenvalue weighted by molar-refractivity contribution is 5.85. The molecule has 0 spiro atoms. The largest absolute Gasteiger partial charge is 0.368 e. The molecule has 3 heterocycles. The highest BCUT2D eigenvalue weighted by atomic mass is 16.5. The first kappa shape index (κ1) is 15.0. The molecule has 0 unspecified atom stereocenters. The fourth-order valence-corrected chi connectivity index (χ4v) is 2.93. The number of carbonyl (C=O) groups is 1. The molecule has 0 saturated carbocycles. The van der Waals surface area contributed by atoms with E-state index in [1.54, 1.807) is 7.11 Å². The summed E-state index contributed by atoms with van der Waals surface area (Å²) in [5.41, 5.74) is 1.23. The van der Waals surface area contributed by atoms with Crippen molar-refractivity contribution in [3.63, 3.8) is 0 Å². The topological polar surface area (TPSA) is 67.7 Å². The molecular formula is C16H22N4O2. The van der Waals surface area contributed by atoms with E-state index in [2.05, 4.69) is 15.6 Å². The van der Waals surface area contributed by atoms with Crippen molar-refractivity contribution in [3.8, 4) is 0 Å². The van der Waals surface area contributed by atoms with E-state index in [0.29, 0.717) is 25.8 Å². The number of piperidine rings is 1. The van der Waals surface area contributed by atoms with Crippen LogP contribution in [-0.4, -0.2) is 47.6 Å². The Morgan fingerprint density at radius 3 is 3.00 bits per heavy atom. The zero-order chi connectivity index (χ0) is 15.4. The molecule has 1 fully saturated rings. The number of methoxy groups -OCH3 is 1. The third-order valence-electron chi connectivity index (χ3n) is 4.30. The molecule has 3 rings (SSSR count). The third kappa shape index (κ3) is 2.98. The Kier molecular flexibility index (Phi) is 4.40. The van der Waals surface area contributed by atoms with Gasteiger partial charge in [0.05, 0.1) is 5.69 Å². The quantitative estimate of drug-likeness (QED) is 0.856. The van der Waals surface area contributed by atoms with Gasteiger partial charge in [0, 0.05) is 32.5 Å². The van der Waals surface area contributed by atoms with Crippen LogP contribution < -0.4 is 10.6 Å². The van der Waals surface area contributed by atoms with Crippen LogP contribution in [0.4, 0.5) is 0 Å². The summed E-state index contributed by atoms with van der Waals surface area (Å²) in [6.07, 6.45) is 6.11. The van der Waals surface area contributed by atoms with Crippen LogP contribution in [0.3, 0.4) is 0 Å². The first-order valence-corrected chi connectivity index (χ1v) is 7.70. The highest BCUT2D eigenvalue weighted by Crippen LogP contribution is 2.22. The van der Waals surface area contributed by atoms with Gasteiger partial charge in [-0.05, 0) is 38.1 Å². The number of rotatable bonds is 5. The van der Waals surface area contributed by atoms with E-state index in [4.69, 9.17) is 4.74 Å². The fourth-order valence-electron chi connectivity index (χ4n) is 2.93. The van der Waals surface area contributed by atoms with Crippen LogP contribution in [0.15, 0.2) is 30.6 Å². The fraction of sp³-hybridized carbons (Fsp3) is 0.500. The molecule has 22 heavy (non-hydrogen) atoms. The summed E-state index contributed by atoms with van der Waals surface area (Å²) >= 11 is 0. The number of aromatic nitrogens is 2. The van der Waals surface area contributed by atoms with Gasteiger partial charge in [-0.25, -0.2) is 4.98 Å². The summed E-state index contributed by atoms with van der Waals surface area (Å²) < 4.78 is 7.51. The molecule has 2 aromatic heterocycles. The normalized spacial score (nSPS) is 17.5. The molecule has 6 nitrogen and oxygen atoms in total. The van der Waals surface area contributed by atoms with E-state index >= 15 is 0 Å². The van der Waals surface area contributed by atoms with Gasteiger partial charge < -0.3 is 19.8 Å². The van der Waals surface area contributed by atoms with Crippen molar-refractivity contribution in [2.45, 2.75) is 24.9 Å². The molecular weight excluding hydrogens is 280 g/mol. The molecule has 0 aromatic carbocycles. The number of nitrogens with one attached hydrogen (secondary N) is 2. The molecule has 0 radical (unpaired) electrons. The first-order valence-electron chi connectivity index (χ1n) is 7.70. The summed E-state index contributed by atoms with van der Waals surface area (Å²) in [4.78, 5) is 17.0. The number of pyridine rings is 1. The van der Waals surface area contributed by atoms with Gasteiger partial charge in [0.2, 0.25) is 0 Å². The number of amides is 1. The molecule has 1 aliphatic rings. The molecule has 2 aromatic rings. The van der Waals surface area contributed by atoms with Crippen LogP contribution >= 0.6 is 0 Å². The monoisotopic (exact) mass is 302 g/mol. The van der Waals surface area contributed by atoms with E-state index in [9.17, 15) is 4.79 Å². The lowest BCUT2D eigenvalue weighted by atomic mass is 9.91. The van der Waals surface area contributed by atoms with Crippen LogP contribution in [-0.2, 0) is 16.0 Å². The minimum atomic E-state index is -0.676. The Morgan fingerprint density at radius 1 is 1.45 bits per heavy atom. The second-order valence-electron chi connectivity index (χ2n) is 5.65. The zero-order valence-corrected chi connectivity index (χ0v) is 12.8. The van der Waals surface area contributed by atoms with Gasteiger partial charge in [-0.1, -0.05) is 6.07 Å². The van der Waals surface area contributed by atoms with Crippen molar-refractivity contribution in [1.82, 2.24) is 20.0 Å². The lowest BCUT2D eigenvalue weighted by Gasteiger charge is -2.34. The van der Waals surface area contributed by atoms with Crippen molar-refractivity contribution in [3.05, 3.63) is 36.3 Å². The van der Waals surface area contributed by atoms with Gasteiger partial charge >= 0.3 is 0 Å². The second-order valence-corrected chi connectivity index (χ2v) is 5.65. The average Bonchev–Trinajstić information content (AvgIpc) is 2.98. The maximum atomic E-state index is 12.4. The number of hydrogen-bond acceptors (Lipinski definition) is 4. The molecule has 1 aliphatic heterocycles. The van der Waals surface area contributed by atoms with Crippen LogP contribution in [0.1, 0.15) is 18.5 Å². The molecule has 0 aliphatic carbocycles. The van der Waals surface area contributed by atoms with E-state index in [-0.39, 0.29) is 5.91 Å². The Labute approximate surface area is 129 Å². The van der Waals surface area contributed by atoms with Crippen LogP contribution in [0.25, 0.3) is 5.65 Å². The average molecular weight is 302 g/mol. The van der Waals surface area contributed by atoms with Gasteiger partial charge in [-0.3, -0.25) is 4.79 Å².